The normalized spacial score (nSPS) is 11.5. The van der Waals surface area contributed by atoms with Crippen molar-refractivity contribution in [3.8, 4) is 0 Å². The van der Waals surface area contributed by atoms with Crippen molar-refractivity contribution in [1.29, 1.82) is 0 Å². The predicted octanol–water partition coefficient (Wildman–Crippen LogP) is 2.83. The third-order valence-electron chi connectivity index (χ3n) is 2.88. The number of rotatable bonds is 5. The first-order valence-electron chi connectivity index (χ1n) is 6.24. The van der Waals surface area contributed by atoms with E-state index in [0.717, 1.165) is 12.0 Å². The summed E-state index contributed by atoms with van der Waals surface area (Å²) >= 11 is 0. The molecule has 0 bridgehead atoms. The molecule has 0 radical (unpaired) electrons. The van der Waals surface area contributed by atoms with E-state index in [1.165, 1.54) is 5.56 Å². The number of hydrogen-bond acceptors (Lipinski definition) is 2. The lowest BCUT2D eigenvalue weighted by Gasteiger charge is -2.19. The number of nitrogens with two attached hydrogens (primary N) is 1. The summed E-state index contributed by atoms with van der Waals surface area (Å²) in [4.78, 5) is 11.6. The van der Waals surface area contributed by atoms with Crippen molar-refractivity contribution in [3.05, 3.63) is 35.4 Å². The zero-order chi connectivity index (χ0) is 12.9. The van der Waals surface area contributed by atoms with Crippen LogP contribution in [0.25, 0.3) is 0 Å². The van der Waals surface area contributed by atoms with Gasteiger partial charge in [0.2, 0.25) is 0 Å². The van der Waals surface area contributed by atoms with Crippen LogP contribution in [0.15, 0.2) is 24.3 Å². The summed E-state index contributed by atoms with van der Waals surface area (Å²) in [7, 11) is 0. The zero-order valence-corrected chi connectivity index (χ0v) is 11.1. The van der Waals surface area contributed by atoms with Gasteiger partial charge in [-0.1, -0.05) is 45.0 Å². The molecule has 2 heteroatoms. The largest absolute Gasteiger partial charge is 0.330 e. The van der Waals surface area contributed by atoms with E-state index >= 15 is 0 Å². The van der Waals surface area contributed by atoms with Crippen LogP contribution in [0, 0.1) is 0 Å². The van der Waals surface area contributed by atoms with E-state index < -0.39 is 0 Å². The minimum absolute atomic E-state index is 0.169. The Hall–Kier alpha value is -1.15. The van der Waals surface area contributed by atoms with Crippen molar-refractivity contribution in [3.63, 3.8) is 0 Å². The molecule has 2 nitrogen and oxygen atoms in total. The van der Waals surface area contributed by atoms with Crippen LogP contribution in [0.3, 0.4) is 0 Å². The predicted molar refractivity (Wildman–Crippen MR) is 72.1 cm³/mol. The van der Waals surface area contributed by atoms with Crippen LogP contribution in [0.4, 0.5) is 0 Å². The van der Waals surface area contributed by atoms with Crippen LogP contribution in [0.2, 0.25) is 0 Å². The van der Waals surface area contributed by atoms with Gasteiger partial charge in [-0.05, 0) is 29.5 Å². The third-order valence-corrected chi connectivity index (χ3v) is 2.88. The zero-order valence-electron chi connectivity index (χ0n) is 11.1. The molecule has 0 aliphatic carbocycles. The van der Waals surface area contributed by atoms with Gasteiger partial charge in [0.25, 0.3) is 0 Å². The van der Waals surface area contributed by atoms with Gasteiger partial charge < -0.3 is 5.73 Å². The van der Waals surface area contributed by atoms with Crippen LogP contribution in [0.1, 0.15) is 44.7 Å². The second kappa shape index (κ2) is 5.97. The van der Waals surface area contributed by atoms with Crippen molar-refractivity contribution in [2.24, 2.45) is 5.73 Å². The number of ketones is 1. The van der Waals surface area contributed by atoms with Crippen molar-refractivity contribution < 1.29 is 4.79 Å². The highest BCUT2D eigenvalue weighted by Crippen LogP contribution is 2.22. The van der Waals surface area contributed by atoms with Gasteiger partial charge in [0.05, 0.1) is 0 Å². The molecule has 0 saturated carbocycles. The number of carbonyl (C=O) groups is 1. The molecule has 0 aliphatic rings. The second-order valence-corrected chi connectivity index (χ2v) is 5.55. The first kappa shape index (κ1) is 13.9. The molecule has 0 aliphatic heterocycles. The van der Waals surface area contributed by atoms with E-state index in [1.807, 2.05) is 0 Å². The fourth-order valence-electron chi connectivity index (χ4n) is 1.74. The number of Topliss-reactive ketones (excluding diaryl/α,β-unsaturated/α-hetero) is 1. The van der Waals surface area contributed by atoms with Crippen LogP contribution in [0.5, 0.6) is 0 Å². The van der Waals surface area contributed by atoms with Crippen LogP contribution >= 0.6 is 0 Å². The van der Waals surface area contributed by atoms with Gasteiger partial charge in [0.1, 0.15) is 5.78 Å². The minimum Gasteiger partial charge on any atom is -0.330 e. The SMILES string of the molecule is CC(C)(C)c1ccc(CC(=O)CCCN)cc1. The molecular formula is C15H23NO. The molecule has 0 heterocycles. The van der Waals surface area contributed by atoms with Crippen LogP contribution in [-0.2, 0) is 16.6 Å². The Bertz CT molecular complexity index is 360. The van der Waals surface area contributed by atoms with Gasteiger partial charge in [0.15, 0.2) is 0 Å². The molecule has 17 heavy (non-hydrogen) atoms. The highest BCUT2D eigenvalue weighted by Gasteiger charge is 2.13. The summed E-state index contributed by atoms with van der Waals surface area (Å²) in [5.74, 6) is 0.277. The van der Waals surface area contributed by atoms with Gasteiger partial charge in [-0.2, -0.15) is 0 Å². The number of benzene rings is 1. The molecule has 0 atom stereocenters. The van der Waals surface area contributed by atoms with Gasteiger partial charge in [-0.3, -0.25) is 4.79 Å². The van der Waals surface area contributed by atoms with Crippen molar-refractivity contribution in [2.75, 3.05) is 6.54 Å². The monoisotopic (exact) mass is 233 g/mol. The van der Waals surface area contributed by atoms with Crippen LogP contribution in [-0.4, -0.2) is 12.3 Å². The fraction of sp³-hybridized carbons (Fsp3) is 0.533. The van der Waals surface area contributed by atoms with Crippen molar-refractivity contribution in [2.45, 2.75) is 45.4 Å². The molecular weight excluding hydrogens is 210 g/mol. The lowest BCUT2D eigenvalue weighted by molar-refractivity contribution is -0.118. The van der Waals surface area contributed by atoms with Gasteiger partial charge in [0, 0.05) is 12.8 Å². The number of carbonyl (C=O) groups excluding carboxylic acids is 1. The molecule has 2 N–H and O–H groups in total. The molecule has 0 amide bonds. The Balaban J connectivity index is 2.60. The summed E-state index contributed by atoms with van der Waals surface area (Å²) < 4.78 is 0. The van der Waals surface area contributed by atoms with Crippen LogP contribution < -0.4 is 5.73 Å². The molecule has 1 aromatic carbocycles. The van der Waals surface area contributed by atoms with Gasteiger partial charge >= 0.3 is 0 Å². The van der Waals surface area contributed by atoms with Crippen molar-refractivity contribution in [1.82, 2.24) is 0 Å². The first-order chi connectivity index (χ1) is 7.93. The topological polar surface area (TPSA) is 43.1 Å². The van der Waals surface area contributed by atoms with Gasteiger partial charge in [-0.25, -0.2) is 0 Å². The minimum atomic E-state index is 0.169. The molecule has 0 fully saturated rings. The lowest BCUT2D eigenvalue weighted by atomic mass is 9.86. The summed E-state index contributed by atoms with van der Waals surface area (Å²) in [6, 6.07) is 8.35. The molecule has 1 aromatic rings. The third kappa shape index (κ3) is 4.70. The van der Waals surface area contributed by atoms with E-state index in [4.69, 9.17) is 5.73 Å². The first-order valence-corrected chi connectivity index (χ1v) is 6.24. The van der Waals surface area contributed by atoms with E-state index in [2.05, 4.69) is 45.0 Å². The molecule has 0 saturated heterocycles. The fourth-order valence-corrected chi connectivity index (χ4v) is 1.74. The maximum atomic E-state index is 11.6. The van der Waals surface area contributed by atoms with E-state index in [0.29, 0.717) is 19.4 Å². The Labute approximate surface area is 104 Å². The van der Waals surface area contributed by atoms with Crippen molar-refractivity contribution >= 4 is 5.78 Å². The van der Waals surface area contributed by atoms with E-state index in [9.17, 15) is 4.79 Å². The average molecular weight is 233 g/mol. The molecule has 0 aromatic heterocycles. The van der Waals surface area contributed by atoms with E-state index in [1.54, 1.807) is 0 Å². The van der Waals surface area contributed by atoms with Gasteiger partial charge in [-0.15, -0.1) is 0 Å². The molecule has 1 rings (SSSR count). The lowest BCUT2D eigenvalue weighted by Crippen LogP contribution is -2.11. The smallest absolute Gasteiger partial charge is 0.137 e. The Morgan fingerprint density at radius 3 is 2.24 bits per heavy atom. The molecule has 0 spiro atoms. The van der Waals surface area contributed by atoms with E-state index in [-0.39, 0.29) is 11.2 Å². The standard InChI is InChI=1S/C15H23NO/c1-15(2,3)13-8-6-12(7-9-13)11-14(17)5-4-10-16/h6-9H,4-5,10-11,16H2,1-3H3. The summed E-state index contributed by atoms with van der Waals surface area (Å²) in [5, 5.41) is 0. The highest BCUT2D eigenvalue weighted by molar-refractivity contribution is 5.80. The summed E-state index contributed by atoms with van der Waals surface area (Å²) in [6.07, 6.45) is 1.92. The maximum Gasteiger partial charge on any atom is 0.137 e. The maximum absolute atomic E-state index is 11.6. The highest BCUT2D eigenvalue weighted by atomic mass is 16.1. The quantitative estimate of drug-likeness (QED) is 0.849. The Kier molecular flexibility index (Phi) is 4.88. The second-order valence-electron chi connectivity index (χ2n) is 5.55. The summed E-state index contributed by atoms with van der Waals surface area (Å²) in [6.45, 7) is 7.16. The molecule has 0 unspecified atom stereocenters. The Morgan fingerprint density at radius 2 is 1.76 bits per heavy atom. The molecule has 94 valence electrons. The average Bonchev–Trinajstić information content (AvgIpc) is 2.26. The Morgan fingerprint density at radius 1 is 1.18 bits per heavy atom. The summed E-state index contributed by atoms with van der Waals surface area (Å²) in [5.41, 5.74) is 7.95. The number of hydrogen-bond donors (Lipinski definition) is 1.